The summed E-state index contributed by atoms with van der Waals surface area (Å²) in [4.78, 5) is 16.6. The van der Waals surface area contributed by atoms with E-state index in [1.807, 2.05) is 19.1 Å². The van der Waals surface area contributed by atoms with Crippen LogP contribution in [0.4, 0.5) is 10.8 Å². The number of benzene rings is 2. The summed E-state index contributed by atoms with van der Waals surface area (Å²) in [5.74, 6) is -0.218. The van der Waals surface area contributed by atoms with Gasteiger partial charge in [-0.25, -0.2) is 4.98 Å². The number of halogens is 1. The van der Waals surface area contributed by atoms with Gasteiger partial charge in [-0.2, -0.15) is 0 Å². The van der Waals surface area contributed by atoms with Gasteiger partial charge < -0.3 is 5.73 Å². The van der Waals surface area contributed by atoms with Crippen LogP contribution in [0.25, 0.3) is 10.2 Å². The number of aryl methyl sites for hydroxylation is 1. The average Bonchev–Trinajstić information content (AvgIpc) is 2.83. The van der Waals surface area contributed by atoms with Crippen LogP contribution in [-0.2, 0) is 0 Å². The van der Waals surface area contributed by atoms with E-state index in [0.29, 0.717) is 16.4 Å². The van der Waals surface area contributed by atoms with Crippen LogP contribution in [0.5, 0.6) is 0 Å². The number of fused-ring (bicyclic) bond motifs is 1. The first-order valence-corrected chi connectivity index (χ1v) is 7.87. The molecule has 0 atom stereocenters. The van der Waals surface area contributed by atoms with Crippen molar-refractivity contribution in [3.05, 3.63) is 52.0 Å². The Hall–Kier alpha value is -1.92. The van der Waals surface area contributed by atoms with Gasteiger partial charge in [0.1, 0.15) is 0 Å². The third-order valence-corrected chi connectivity index (χ3v) is 4.68. The van der Waals surface area contributed by atoms with Crippen LogP contribution >= 0.6 is 27.3 Å². The Labute approximate surface area is 134 Å². The largest absolute Gasteiger partial charge is 0.398 e. The molecule has 1 heterocycles. The molecule has 6 heteroatoms. The van der Waals surface area contributed by atoms with Crippen molar-refractivity contribution < 1.29 is 4.79 Å². The van der Waals surface area contributed by atoms with Crippen LogP contribution in [0.1, 0.15) is 15.9 Å². The van der Waals surface area contributed by atoms with Gasteiger partial charge in [0, 0.05) is 15.7 Å². The number of hydrogen-bond acceptors (Lipinski definition) is 4. The molecule has 3 N–H and O–H groups in total. The molecule has 4 nitrogen and oxygen atoms in total. The lowest BCUT2D eigenvalue weighted by atomic mass is 10.2. The number of hydrogen-bond donors (Lipinski definition) is 2. The molecule has 0 saturated carbocycles. The van der Waals surface area contributed by atoms with Gasteiger partial charge in [0.05, 0.1) is 10.2 Å². The third-order valence-electron chi connectivity index (χ3n) is 3.02. The normalized spacial score (nSPS) is 10.8. The molecule has 0 radical (unpaired) electrons. The summed E-state index contributed by atoms with van der Waals surface area (Å²) < 4.78 is 1.83. The van der Waals surface area contributed by atoms with Gasteiger partial charge in [0.2, 0.25) is 0 Å². The number of carbonyl (C=O) groups is 1. The summed E-state index contributed by atoms with van der Waals surface area (Å²) in [6, 6.07) is 11.1. The van der Waals surface area contributed by atoms with Crippen LogP contribution in [0.2, 0.25) is 0 Å². The topological polar surface area (TPSA) is 68.0 Å². The summed E-state index contributed by atoms with van der Waals surface area (Å²) >= 11 is 4.77. The predicted octanol–water partition coefficient (Wildman–Crippen LogP) is 4.20. The quantitative estimate of drug-likeness (QED) is 0.672. The monoisotopic (exact) mass is 361 g/mol. The first-order valence-electron chi connectivity index (χ1n) is 6.26. The van der Waals surface area contributed by atoms with E-state index in [9.17, 15) is 4.79 Å². The zero-order valence-electron chi connectivity index (χ0n) is 11.2. The van der Waals surface area contributed by atoms with Crippen LogP contribution in [0.15, 0.2) is 40.9 Å². The molecule has 3 rings (SSSR count). The highest BCUT2D eigenvalue weighted by atomic mass is 79.9. The van der Waals surface area contributed by atoms with Gasteiger partial charge in [0.25, 0.3) is 5.91 Å². The number of nitrogens with zero attached hydrogens (tertiary/aromatic N) is 1. The summed E-state index contributed by atoms with van der Waals surface area (Å²) in [7, 11) is 0. The first kappa shape index (κ1) is 14.0. The van der Waals surface area contributed by atoms with Gasteiger partial charge in [-0.3, -0.25) is 10.1 Å². The van der Waals surface area contributed by atoms with Crippen LogP contribution < -0.4 is 11.1 Å². The number of amides is 1. The summed E-state index contributed by atoms with van der Waals surface area (Å²) in [6.07, 6.45) is 0. The third kappa shape index (κ3) is 2.91. The Morgan fingerprint density at radius 3 is 2.86 bits per heavy atom. The predicted molar refractivity (Wildman–Crippen MR) is 90.9 cm³/mol. The molecule has 3 aromatic rings. The lowest BCUT2D eigenvalue weighted by Gasteiger charge is -2.03. The van der Waals surface area contributed by atoms with Crippen molar-refractivity contribution >= 4 is 54.2 Å². The smallest absolute Gasteiger partial charge is 0.257 e. The molecule has 0 aliphatic rings. The minimum atomic E-state index is -0.218. The van der Waals surface area contributed by atoms with E-state index in [4.69, 9.17) is 5.73 Å². The van der Waals surface area contributed by atoms with Gasteiger partial charge >= 0.3 is 0 Å². The fourth-order valence-electron chi connectivity index (χ4n) is 1.94. The van der Waals surface area contributed by atoms with Gasteiger partial charge in [-0.05, 0) is 58.7 Å². The molecule has 0 saturated heterocycles. The Morgan fingerprint density at radius 1 is 1.29 bits per heavy atom. The SMILES string of the molecule is Cc1ccc2nc(NC(=O)c3ccc(Br)c(N)c3)sc2c1. The number of nitrogen functional groups attached to an aromatic ring is 1. The highest BCUT2D eigenvalue weighted by Gasteiger charge is 2.11. The Morgan fingerprint density at radius 2 is 2.10 bits per heavy atom. The Bertz CT molecular complexity index is 844. The highest BCUT2D eigenvalue weighted by Crippen LogP contribution is 2.27. The number of rotatable bonds is 2. The van der Waals surface area contributed by atoms with E-state index >= 15 is 0 Å². The van der Waals surface area contributed by atoms with Crippen molar-refractivity contribution in [2.75, 3.05) is 11.1 Å². The van der Waals surface area contributed by atoms with Crippen molar-refractivity contribution in [2.45, 2.75) is 6.92 Å². The van der Waals surface area contributed by atoms with E-state index in [0.717, 1.165) is 14.7 Å². The zero-order chi connectivity index (χ0) is 15.0. The minimum absolute atomic E-state index is 0.218. The number of anilines is 2. The van der Waals surface area contributed by atoms with E-state index < -0.39 is 0 Å². The molecular formula is C15H12BrN3OS. The maximum atomic E-state index is 12.2. The van der Waals surface area contributed by atoms with Crippen molar-refractivity contribution in [2.24, 2.45) is 0 Å². The van der Waals surface area contributed by atoms with Gasteiger partial charge in [0.15, 0.2) is 5.13 Å². The minimum Gasteiger partial charge on any atom is -0.398 e. The van der Waals surface area contributed by atoms with E-state index in [1.165, 1.54) is 16.9 Å². The molecule has 0 aliphatic heterocycles. The molecule has 0 unspecified atom stereocenters. The molecule has 21 heavy (non-hydrogen) atoms. The second-order valence-electron chi connectivity index (χ2n) is 4.68. The molecule has 1 amide bonds. The summed E-state index contributed by atoms with van der Waals surface area (Å²) in [5.41, 5.74) is 8.88. The zero-order valence-corrected chi connectivity index (χ0v) is 13.6. The van der Waals surface area contributed by atoms with Crippen LogP contribution in [0, 0.1) is 6.92 Å². The maximum absolute atomic E-state index is 12.2. The average molecular weight is 362 g/mol. The summed E-state index contributed by atoms with van der Waals surface area (Å²) in [5, 5.41) is 3.40. The van der Waals surface area contributed by atoms with E-state index in [1.54, 1.807) is 18.2 Å². The Kier molecular flexibility index (Phi) is 3.65. The molecule has 0 bridgehead atoms. The van der Waals surface area contributed by atoms with Crippen molar-refractivity contribution in [1.82, 2.24) is 4.98 Å². The molecular weight excluding hydrogens is 350 g/mol. The molecule has 0 fully saturated rings. The fraction of sp³-hybridized carbons (Fsp3) is 0.0667. The number of aromatic nitrogens is 1. The van der Waals surface area contributed by atoms with Gasteiger partial charge in [-0.15, -0.1) is 0 Å². The molecule has 0 aliphatic carbocycles. The number of thiazole rings is 1. The number of carbonyl (C=O) groups excluding carboxylic acids is 1. The molecule has 0 spiro atoms. The molecule has 2 aromatic carbocycles. The number of nitrogens with one attached hydrogen (secondary N) is 1. The first-order chi connectivity index (χ1) is 10.0. The van der Waals surface area contributed by atoms with E-state index in [2.05, 4.69) is 32.3 Å². The second kappa shape index (κ2) is 5.46. The lowest BCUT2D eigenvalue weighted by molar-refractivity contribution is 0.102. The van der Waals surface area contributed by atoms with Crippen molar-refractivity contribution in [1.29, 1.82) is 0 Å². The maximum Gasteiger partial charge on any atom is 0.257 e. The molecule has 1 aromatic heterocycles. The van der Waals surface area contributed by atoms with Crippen molar-refractivity contribution in [3.63, 3.8) is 0 Å². The fourth-order valence-corrected chi connectivity index (χ4v) is 3.15. The second-order valence-corrected chi connectivity index (χ2v) is 6.57. The highest BCUT2D eigenvalue weighted by molar-refractivity contribution is 9.10. The Balaban J connectivity index is 1.87. The summed E-state index contributed by atoms with van der Waals surface area (Å²) in [6.45, 7) is 2.03. The molecule has 106 valence electrons. The van der Waals surface area contributed by atoms with Crippen molar-refractivity contribution in [3.8, 4) is 0 Å². The standard InChI is InChI=1S/C15H12BrN3OS/c1-8-2-5-12-13(6-8)21-15(18-12)19-14(20)9-3-4-10(16)11(17)7-9/h2-7H,17H2,1H3,(H,18,19,20). The van der Waals surface area contributed by atoms with Gasteiger partial charge in [-0.1, -0.05) is 17.4 Å². The van der Waals surface area contributed by atoms with Crippen LogP contribution in [0.3, 0.4) is 0 Å². The lowest BCUT2D eigenvalue weighted by Crippen LogP contribution is -2.11. The number of nitrogens with two attached hydrogens (primary N) is 1. The van der Waals surface area contributed by atoms with Crippen LogP contribution in [-0.4, -0.2) is 10.9 Å². The van der Waals surface area contributed by atoms with E-state index in [-0.39, 0.29) is 5.91 Å².